The van der Waals surface area contributed by atoms with Gasteiger partial charge in [-0.2, -0.15) is 4.31 Å². The highest BCUT2D eigenvalue weighted by Crippen LogP contribution is 2.26. The van der Waals surface area contributed by atoms with E-state index < -0.39 is 10.0 Å². The van der Waals surface area contributed by atoms with Crippen LogP contribution in [0.25, 0.3) is 0 Å². The lowest BCUT2D eigenvalue weighted by Crippen LogP contribution is -2.47. The summed E-state index contributed by atoms with van der Waals surface area (Å²) in [5.41, 5.74) is 8.24. The van der Waals surface area contributed by atoms with Crippen molar-refractivity contribution in [1.29, 1.82) is 0 Å². The predicted molar refractivity (Wildman–Crippen MR) is 78.0 cm³/mol. The van der Waals surface area contributed by atoms with Gasteiger partial charge in [-0.25, -0.2) is 8.42 Å². The zero-order chi connectivity index (χ0) is 14.9. The summed E-state index contributed by atoms with van der Waals surface area (Å²) in [6.45, 7) is 7.23. The summed E-state index contributed by atoms with van der Waals surface area (Å²) in [5.74, 6) is 0. The number of nitrogens with two attached hydrogens (primary N) is 1. The molecule has 1 unspecified atom stereocenters. The van der Waals surface area contributed by atoms with Gasteiger partial charge in [0.2, 0.25) is 10.0 Å². The molecule has 5 nitrogen and oxygen atoms in total. The van der Waals surface area contributed by atoms with Gasteiger partial charge in [0.25, 0.3) is 0 Å². The number of rotatable bonds is 3. The molecule has 1 fully saturated rings. The summed E-state index contributed by atoms with van der Waals surface area (Å²) >= 11 is 0. The third-order valence-electron chi connectivity index (χ3n) is 3.81. The minimum atomic E-state index is -3.50. The van der Waals surface area contributed by atoms with Gasteiger partial charge in [0, 0.05) is 19.1 Å². The minimum Gasteiger partial charge on any atom is -0.378 e. The molecule has 1 aromatic rings. The van der Waals surface area contributed by atoms with Crippen LogP contribution in [-0.2, 0) is 21.3 Å². The molecule has 112 valence electrons. The van der Waals surface area contributed by atoms with Gasteiger partial charge in [-0.05, 0) is 43.5 Å². The fraction of sp³-hybridized carbons (Fsp3) is 0.571. The van der Waals surface area contributed by atoms with E-state index in [1.54, 1.807) is 6.07 Å². The number of morpholine rings is 1. The van der Waals surface area contributed by atoms with E-state index in [4.69, 9.17) is 10.5 Å². The van der Waals surface area contributed by atoms with Crippen molar-refractivity contribution in [1.82, 2.24) is 4.31 Å². The average molecular weight is 298 g/mol. The number of hydrogen-bond acceptors (Lipinski definition) is 4. The molecule has 1 atom stereocenters. The van der Waals surface area contributed by atoms with E-state index in [1.165, 1.54) is 4.31 Å². The first-order valence-corrected chi connectivity index (χ1v) is 8.21. The van der Waals surface area contributed by atoms with Crippen molar-refractivity contribution in [2.75, 3.05) is 19.8 Å². The van der Waals surface area contributed by atoms with Crippen molar-refractivity contribution >= 4 is 10.0 Å². The smallest absolute Gasteiger partial charge is 0.243 e. The van der Waals surface area contributed by atoms with Crippen molar-refractivity contribution in [3.63, 3.8) is 0 Å². The van der Waals surface area contributed by atoms with Crippen molar-refractivity contribution < 1.29 is 13.2 Å². The molecule has 0 saturated carbocycles. The summed E-state index contributed by atoms with van der Waals surface area (Å²) in [4.78, 5) is 0.367. The number of benzene rings is 1. The summed E-state index contributed by atoms with van der Waals surface area (Å²) in [5, 5.41) is 0. The number of hydrogen-bond donors (Lipinski definition) is 1. The van der Waals surface area contributed by atoms with Gasteiger partial charge in [-0.15, -0.1) is 0 Å². The molecule has 1 aliphatic rings. The van der Waals surface area contributed by atoms with Gasteiger partial charge in [0.05, 0.1) is 18.1 Å². The Morgan fingerprint density at radius 3 is 2.70 bits per heavy atom. The van der Waals surface area contributed by atoms with Gasteiger partial charge >= 0.3 is 0 Å². The van der Waals surface area contributed by atoms with E-state index in [0.717, 1.165) is 16.7 Å². The number of nitrogens with zero attached hydrogens (tertiary/aromatic N) is 1. The van der Waals surface area contributed by atoms with Crippen LogP contribution in [0.1, 0.15) is 23.6 Å². The van der Waals surface area contributed by atoms with E-state index in [-0.39, 0.29) is 6.04 Å². The zero-order valence-corrected chi connectivity index (χ0v) is 13.0. The fourth-order valence-corrected chi connectivity index (χ4v) is 4.43. The number of aryl methyl sites for hydroxylation is 1. The van der Waals surface area contributed by atoms with Crippen LogP contribution in [0.4, 0.5) is 0 Å². The molecule has 2 rings (SSSR count). The molecule has 0 spiro atoms. The molecule has 0 amide bonds. The molecule has 1 saturated heterocycles. The van der Waals surface area contributed by atoms with Crippen LogP contribution in [0.2, 0.25) is 0 Å². The molecule has 0 bridgehead atoms. The maximum absolute atomic E-state index is 12.9. The van der Waals surface area contributed by atoms with Crippen LogP contribution < -0.4 is 5.73 Å². The van der Waals surface area contributed by atoms with Gasteiger partial charge in [0.1, 0.15) is 0 Å². The summed E-state index contributed by atoms with van der Waals surface area (Å²) in [7, 11) is -3.50. The largest absolute Gasteiger partial charge is 0.378 e. The van der Waals surface area contributed by atoms with Crippen molar-refractivity contribution in [2.24, 2.45) is 5.73 Å². The molecule has 0 radical (unpaired) electrons. The first-order valence-electron chi connectivity index (χ1n) is 6.77. The van der Waals surface area contributed by atoms with E-state index in [0.29, 0.717) is 31.2 Å². The Morgan fingerprint density at radius 1 is 1.40 bits per heavy atom. The molecule has 6 heteroatoms. The Bertz CT molecular complexity index is 599. The molecule has 1 aliphatic heterocycles. The molecule has 1 heterocycles. The Labute approximate surface area is 120 Å². The standard InChI is InChI=1S/C14H22N2O3S/c1-10-6-13(8-15)7-14(12(10)3)20(17,18)16-4-5-19-9-11(16)2/h6-7,11H,4-5,8-9,15H2,1-3H3. The highest BCUT2D eigenvalue weighted by molar-refractivity contribution is 7.89. The van der Waals surface area contributed by atoms with Crippen LogP contribution in [0, 0.1) is 13.8 Å². The highest BCUT2D eigenvalue weighted by Gasteiger charge is 2.32. The second kappa shape index (κ2) is 5.81. The van der Waals surface area contributed by atoms with E-state index in [1.807, 2.05) is 26.8 Å². The third-order valence-corrected chi connectivity index (χ3v) is 5.95. The van der Waals surface area contributed by atoms with Crippen molar-refractivity contribution in [3.05, 3.63) is 28.8 Å². The maximum atomic E-state index is 12.9. The molecule has 1 aromatic carbocycles. The van der Waals surface area contributed by atoms with Crippen molar-refractivity contribution in [3.8, 4) is 0 Å². The normalized spacial score (nSPS) is 21.1. The Morgan fingerprint density at radius 2 is 2.10 bits per heavy atom. The van der Waals surface area contributed by atoms with Crippen LogP contribution >= 0.6 is 0 Å². The number of sulfonamides is 1. The first kappa shape index (κ1) is 15.4. The second-order valence-electron chi connectivity index (χ2n) is 5.28. The van der Waals surface area contributed by atoms with Crippen LogP contribution in [0.15, 0.2) is 17.0 Å². The van der Waals surface area contributed by atoms with Gasteiger partial charge in [-0.3, -0.25) is 0 Å². The zero-order valence-electron chi connectivity index (χ0n) is 12.2. The lowest BCUT2D eigenvalue weighted by molar-refractivity contribution is 0.0392. The van der Waals surface area contributed by atoms with E-state index in [2.05, 4.69) is 0 Å². The minimum absolute atomic E-state index is 0.144. The van der Waals surface area contributed by atoms with Gasteiger partial charge in [-0.1, -0.05) is 6.07 Å². The number of ether oxygens (including phenoxy) is 1. The van der Waals surface area contributed by atoms with Gasteiger partial charge < -0.3 is 10.5 Å². The SMILES string of the molecule is Cc1cc(CN)cc(S(=O)(=O)N2CCOCC2C)c1C. The van der Waals surface area contributed by atoms with Crippen LogP contribution in [-0.4, -0.2) is 38.5 Å². The molecule has 20 heavy (non-hydrogen) atoms. The Kier molecular flexibility index (Phi) is 4.49. The fourth-order valence-electron chi connectivity index (χ4n) is 2.48. The van der Waals surface area contributed by atoms with Crippen molar-refractivity contribution in [2.45, 2.75) is 38.3 Å². The van der Waals surface area contributed by atoms with Crippen LogP contribution in [0.3, 0.4) is 0 Å². The Hall–Kier alpha value is -0.950. The monoisotopic (exact) mass is 298 g/mol. The molecule has 0 aliphatic carbocycles. The first-order chi connectivity index (χ1) is 9.37. The van der Waals surface area contributed by atoms with E-state index in [9.17, 15) is 8.42 Å². The molecule has 0 aromatic heterocycles. The van der Waals surface area contributed by atoms with Crippen LogP contribution in [0.5, 0.6) is 0 Å². The van der Waals surface area contributed by atoms with E-state index >= 15 is 0 Å². The maximum Gasteiger partial charge on any atom is 0.243 e. The summed E-state index contributed by atoms with van der Waals surface area (Å²) in [6.07, 6.45) is 0. The summed E-state index contributed by atoms with van der Waals surface area (Å²) in [6, 6.07) is 3.49. The average Bonchev–Trinajstić information content (AvgIpc) is 2.41. The Balaban J connectivity index is 2.51. The molecule has 2 N–H and O–H groups in total. The molecular weight excluding hydrogens is 276 g/mol. The lowest BCUT2D eigenvalue weighted by Gasteiger charge is -2.32. The lowest BCUT2D eigenvalue weighted by atomic mass is 10.1. The summed E-state index contributed by atoms with van der Waals surface area (Å²) < 4.78 is 32.6. The molecular formula is C14H22N2O3S. The second-order valence-corrected chi connectivity index (χ2v) is 7.14. The topological polar surface area (TPSA) is 72.6 Å². The highest BCUT2D eigenvalue weighted by atomic mass is 32.2. The van der Waals surface area contributed by atoms with Gasteiger partial charge in [0.15, 0.2) is 0 Å². The third kappa shape index (κ3) is 2.74. The predicted octanol–water partition coefficient (Wildman–Crippen LogP) is 1.17. The quantitative estimate of drug-likeness (QED) is 0.909.